The molecule has 0 atom stereocenters. The van der Waals surface area contributed by atoms with E-state index in [0.29, 0.717) is 17.0 Å². The number of nitrogens with two attached hydrogens (primary N) is 1. The number of aromatic nitrogens is 2. The maximum Gasteiger partial charge on any atom is 0.248 e. The van der Waals surface area contributed by atoms with E-state index in [1.165, 1.54) is 0 Å². The number of benzene rings is 3. The minimum atomic E-state index is -0.463. The molecule has 0 spiro atoms. The van der Waals surface area contributed by atoms with Crippen LogP contribution in [0.2, 0.25) is 0 Å². The number of ether oxygens (including phenoxy) is 1. The van der Waals surface area contributed by atoms with E-state index in [0.717, 1.165) is 22.3 Å². The lowest BCUT2D eigenvalue weighted by molar-refractivity contribution is -0.116. The largest absolute Gasteiger partial charge is 0.495 e. The summed E-state index contributed by atoms with van der Waals surface area (Å²) < 4.78 is 6.99. The third kappa shape index (κ3) is 4.52. The maximum absolute atomic E-state index is 12.5. The zero-order chi connectivity index (χ0) is 22.5. The van der Waals surface area contributed by atoms with Crippen molar-refractivity contribution in [2.75, 3.05) is 12.4 Å². The highest BCUT2D eigenvalue weighted by molar-refractivity contribution is 5.95. The Labute approximate surface area is 185 Å². The van der Waals surface area contributed by atoms with Gasteiger partial charge in [-0.05, 0) is 52.6 Å². The number of methoxy groups -OCH3 is 1. The first-order chi connectivity index (χ1) is 15.5. The molecule has 0 aliphatic carbocycles. The van der Waals surface area contributed by atoms with Crippen LogP contribution in [0.3, 0.4) is 0 Å². The van der Waals surface area contributed by atoms with Crippen molar-refractivity contribution in [1.82, 2.24) is 9.78 Å². The van der Waals surface area contributed by atoms with E-state index in [4.69, 9.17) is 10.5 Å². The van der Waals surface area contributed by atoms with Gasteiger partial charge in [-0.2, -0.15) is 5.10 Å². The highest BCUT2D eigenvalue weighted by atomic mass is 16.5. The summed E-state index contributed by atoms with van der Waals surface area (Å²) in [6, 6.07) is 22.5. The fourth-order valence-electron chi connectivity index (χ4n) is 3.50. The van der Waals surface area contributed by atoms with Crippen LogP contribution >= 0.6 is 0 Å². The second-order valence-electron chi connectivity index (χ2n) is 7.15. The van der Waals surface area contributed by atoms with Crippen LogP contribution in [0, 0.1) is 0 Å². The van der Waals surface area contributed by atoms with Gasteiger partial charge in [-0.15, -0.1) is 0 Å². The van der Waals surface area contributed by atoms with Gasteiger partial charge in [0.25, 0.3) is 0 Å². The summed E-state index contributed by atoms with van der Waals surface area (Å²) in [5, 5.41) is 6.98. The van der Waals surface area contributed by atoms with Gasteiger partial charge in [0.2, 0.25) is 11.8 Å². The van der Waals surface area contributed by atoms with E-state index in [-0.39, 0.29) is 12.5 Å². The second kappa shape index (κ2) is 9.18. The van der Waals surface area contributed by atoms with E-state index in [1.54, 1.807) is 42.4 Å². The number of primary amides is 1. The van der Waals surface area contributed by atoms with Crippen molar-refractivity contribution in [2.45, 2.75) is 6.54 Å². The van der Waals surface area contributed by atoms with Gasteiger partial charge in [0.05, 0.1) is 12.8 Å². The van der Waals surface area contributed by atoms with Crippen LogP contribution in [0.1, 0.15) is 10.4 Å². The van der Waals surface area contributed by atoms with Gasteiger partial charge in [0, 0.05) is 18.0 Å². The molecule has 7 nitrogen and oxygen atoms in total. The van der Waals surface area contributed by atoms with Crippen molar-refractivity contribution in [2.24, 2.45) is 5.73 Å². The van der Waals surface area contributed by atoms with Gasteiger partial charge >= 0.3 is 0 Å². The quantitative estimate of drug-likeness (QED) is 0.467. The highest BCUT2D eigenvalue weighted by Gasteiger charge is 2.13. The third-order valence-corrected chi connectivity index (χ3v) is 5.06. The number of carbonyl (C=O) groups excluding carboxylic acids is 2. The van der Waals surface area contributed by atoms with Crippen LogP contribution in [-0.2, 0) is 11.3 Å². The van der Waals surface area contributed by atoms with Crippen molar-refractivity contribution in [3.63, 3.8) is 0 Å². The number of carbonyl (C=O) groups is 2. The van der Waals surface area contributed by atoms with E-state index in [1.807, 2.05) is 54.6 Å². The van der Waals surface area contributed by atoms with Crippen LogP contribution in [0.25, 0.3) is 22.3 Å². The van der Waals surface area contributed by atoms with Crippen molar-refractivity contribution < 1.29 is 14.3 Å². The van der Waals surface area contributed by atoms with Gasteiger partial charge < -0.3 is 15.8 Å². The topological polar surface area (TPSA) is 99.2 Å². The number of hydrogen-bond donors (Lipinski definition) is 2. The van der Waals surface area contributed by atoms with Crippen molar-refractivity contribution in [1.29, 1.82) is 0 Å². The molecule has 4 rings (SSSR count). The molecule has 0 saturated carbocycles. The first-order valence-corrected chi connectivity index (χ1v) is 10.00. The first kappa shape index (κ1) is 20.9. The lowest BCUT2D eigenvalue weighted by atomic mass is 9.93. The molecular formula is C25H22N4O3. The predicted octanol–water partition coefficient (Wildman–Crippen LogP) is 3.96. The van der Waals surface area contributed by atoms with E-state index in [2.05, 4.69) is 10.4 Å². The Hall–Kier alpha value is -4.39. The van der Waals surface area contributed by atoms with Crippen LogP contribution in [0.4, 0.5) is 5.69 Å². The van der Waals surface area contributed by atoms with Crippen LogP contribution in [0.15, 0.2) is 85.2 Å². The normalized spacial score (nSPS) is 10.5. The molecular weight excluding hydrogens is 404 g/mol. The first-order valence-electron chi connectivity index (χ1n) is 10.00. The van der Waals surface area contributed by atoms with Gasteiger partial charge in [-0.3, -0.25) is 14.3 Å². The summed E-state index contributed by atoms with van der Waals surface area (Å²) in [6.45, 7) is 0.100. The molecule has 3 N–H and O–H groups in total. The summed E-state index contributed by atoms with van der Waals surface area (Å²) in [5.74, 6) is -0.110. The molecule has 160 valence electrons. The lowest BCUT2D eigenvalue weighted by Crippen LogP contribution is -2.19. The Bertz CT molecular complexity index is 1250. The second-order valence-corrected chi connectivity index (χ2v) is 7.15. The molecule has 0 aliphatic rings. The molecule has 2 amide bonds. The van der Waals surface area contributed by atoms with Gasteiger partial charge in [0.1, 0.15) is 12.3 Å². The molecule has 0 unspecified atom stereocenters. The number of rotatable bonds is 7. The number of nitrogens with one attached hydrogen (secondary N) is 1. The van der Waals surface area contributed by atoms with Crippen LogP contribution in [0.5, 0.6) is 5.75 Å². The standard InChI is InChI=1S/C25H22N4O3/c1-32-23-12-11-19(15-22(23)28-24(30)16-29-14-4-13-27-29)21-6-3-2-5-20(21)17-7-9-18(10-8-17)25(26)31/h2-15H,16H2,1H3,(H2,26,31)(H,28,30). The summed E-state index contributed by atoms with van der Waals surface area (Å²) >= 11 is 0. The average Bonchev–Trinajstić information content (AvgIpc) is 3.32. The summed E-state index contributed by atoms with van der Waals surface area (Å²) in [4.78, 5) is 23.9. The number of amides is 2. The highest BCUT2D eigenvalue weighted by Crippen LogP contribution is 2.36. The summed E-state index contributed by atoms with van der Waals surface area (Å²) in [5.41, 5.74) is 10.2. The molecule has 3 aromatic carbocycles. The molecule has 1 heterocycles. The summed E-state index contributed by atoms with van der Waals surface area (Å²) in [7, 11) is 1.56. The Morgan fingerprint density at radius 3 is 2.28 bits per heavy atom. The van der Waals surface area contributed by atoms with E-state index >= 15 is 0 Å². The van der Waals surface area contributed by atoms with Gasteiger partial charge in [-0.25, -0.2) is 0 Å². The molecule has 0 aliphatic heterocycles. The molecule has 0 fully saturated rings. The monoisotopic (exact) mass is 426 g/mol. The molecule has 7 heteroatoms. The molecule has 0 saturated heterocycles. The summed E-state index contributed by atoms with van der Waals surface area (Å²) in [6.07, 6.45) is 3.36. The molecule has 4 aromatic rings. The lowest BCUT2D eigenvalue weighted by Gasteiger charge is -2.15. The van der Waals surface area contributed by atoms with E-state index < -0.39 is 5.91 Å². The smallest absolute Gasteiger partial charge is 0.248 e. The number of nitrogens with zero attached hydrogens (tertiary/aromatic N) is 2. The zero-order valence-electron chi connectivity index (χ0n) is 17.5. The van der Waals surface area contributed by atoms with Gasteiger partial charge in [-0.1, -0.05) is 42.5 Å². The fraction of sp³-hybridized carbons (Fsp3) is 0.0800. The zero-order valence-corrected chi connectivity index (χ0v) is 17.5. The number of anilines is 1. The molecule has 1 aromatic heterocycles. The molecule has 0 radical (unpaired) electrons. The van der Waals surface area contributed by atoms with Gasteiger partial charge in [0.15, 0.2) is 0 Å². The molecule has 32 heavy (non-hydrogen) atoms. The van der Waals surface area contributed by atoms with Crippen molar-refractivity contribution >= 4 is 17.5 Å². The van der Waals surface area contributed by atoms with Crippen LogP contribution in [-0.4, -0.2) is 28.7 Å². The maximum atomic E-state index is 12.5. The minimum Gasteiger partial charge on any atom is -0.495 e. The predicted molar refractivity (Wildman–Crippen MR) is 123 cm³/mol. The SMILES string of the molecule is COc1ccc(-c2ccccc2-c2ccc(C(N)=O)cc2)cc1NC(=O)Cn1cccn1. The average molecular weight is 426 g/mol. The number of hydrogen-bond acceptors (Lipinski definition) is 4. The van der Waals surface area contributed by atoms with Crippen molar-refractivity contribution in [3.05, 3.63) is 90.8 Å². The third-order valence-electron chi connectivity index (χ3n) is 5.06. The van der Waals surface area contributed by atoms with Crippen molar-refractivity contribution in [3.8, 4) is 28.0 Å². The van der Waals surface area contributed by atoms with Crippen LogP contribution < -0.4 is 15.8 Å². The Morgan fingerprint density at radius 2 is 1.66 bits per heavy atom. The minimum absolute atomic E-state index is 0.100. The van der Waals surface area contributed by atoms with E-state index in [9.17, 15) is 9.59 Å². The Morgan fingerprint density at radius 1 is 0.969 bits per heavy atom. The fourth-order valence-corrected chi connectivity index (χ4v) is 3.50. The Kier molecular flexibility index (Phi) is 5.98. The Balaban J connectivity index is 1.67. The molecule has 0 bridgehead atoms.